The van der Waals surface area contributed by atoms with E-state index in [-0.39, 0.29) is 10.8 Å². The van der Waals surface area contributed by atoms with Crippen LogP contribution in [-0.2, 0) is 10.0 Å². The molecule has 0 saturated carbocycles. The Labute approximate surface area is 117 Å². The number of nitrogens with zero attached hydrogens (tertiary/aromatic N) is 2. The Morgan fingerprint density at radius 3 is 2.67 bits per heavy atom. The van der Waals surface area contributed by atoms with Crippen LogP contribution in [0.15, 0.2) is 27.0 Å². The number of sulfonamides is 1. The van der Waals surface area contributed by atoms with Crippen molar-refractivity contribution in [3.63, 3.8) is 0 Å². The van der Waals surface area contributed by atoms with E-state index in [0.717, 1.165) is 3.79 Å². The Bertz CT molecular complexity index is 682. The first-order chi connectivity index (χ1) is 8.38. The first kappa shape index (κ1) is 13.4. The highest BCUT2D eigenvalue weighted by molar-refractivity contribution is 9.11. The summed E-state index contributed by atoms with van der Waals surface area (Å²) >= 11 is 4.63. The van der Waals surface area contributed by atoms with Crippen molar-refractivity contribution in [1.82, 2.24) is 9.97 Å². The van der Waals surface area contributed by atoms with Gasteiger partial charge < -0.3 is 0 Å². The van der Waals surface area contributed by atoms with Crippen molar-refractivity contribution in [2.24, 2.45) is 0 Å². The summed E-state index contributed by atoms with van der Waals surface area (Å²) in [5, 5.41) is 0. The molecular weight excluding hydrogens is 338 g/mol. The van der Waals surface area contributed by atoms with Crippen LogP contribution in [0.5, 0.6) is 0 Å². The van der Waals surface area contributed by atoms with Crippen LogP contribution in [0.4, 0.5) is 5.95 Å². The summed E-state index contributed by atoms with van der Waals surface area (Å²) in [7, 11) is -3.63. The van der Waals surface area contributed by atoms with Crippen molar-refractivity contribution < 1.29 is 8.42 Å². The molecule has 96 valence electrons. The Balaban J connectivity index is 2.36. The molecule has 0 spiro atoms. The smallest absolute Gasteiger partial charge is 0.247 e. The number of aromatic nitrogens is 2. The summed E-state index contributed by atoms with van der Waals surface area (Å²) in [6, 6.07) is 3.27. The van der Waals surface area contributed by atoms with Gasteiger partial charge in [-0.05, 0) is 41.9 Å². The molecule has 1 N–H and O–H groups in total. The molecule has 0 unspecified atom stereocenters. The van der Waals surface area contributed by atoms with Crippen LogP contribution in [0.1, 0.15) is 10.6 Å². The number of halogens is 1. The number of rotatable bonds is 3. The van der Waals surface area contributed by atoms with E-state index in [2.05, 4.69) is 30.6 Å². The van der Waals surface area contributed by atoms with E-state index >= 15 is 0 Å². The number of nitrogens with one attached hydrogen (secondary N) is 1. The second kappa shape index (κ2) is 4.94. The number of aryl methyl sites for hydroxylation is 2. The molecular formula is C10H10BrN3O2S2. The number of hydrogen-bond acceptors (Lipinski definition) is 5. The lowest BCUT2D eigenvalue weighted by molar-refractivity contribution is 0.600. The Morgan fingerprint density at radius 1 is 1.39 bits per heavy atom. The van der Waals surface area contributed by atoms with Crippen molar-refractivity contribution in [2.75, 3.05) is 4.72 Å². The van der Waals surface area contributed by atoms with Gasteiger partial charge >= 0.3 is 0 Å². The number of thiophene rings is 1. The highest BCUT2D eigenvalue weighted by Gasteiger charge is 2.20. The summed E-state index contributed by atoms with van der Waals surface area (Å²) in [5.41, 5.74) is 0.700. The fourth-order valence-electron chi connectivity index (χ4n) is 1.37. The third-order valence-electron chi connectivity index (χ3n) is 2.15. The molecule has 0 aromatic carbocycles. The molecule has 0 saturated heterocycles. The van der Waals surface area contributed by atoms with Gasteiger partial charge in [-0.3, -0.25) is 0 Å². The van der Waals surface area contributed by atoms with Crippen LogP contribution in [0.2, 0.25) is 0 Å². The Morgan fingerprint density at radius 2 is 2.11 bits per heavy atom. The summed E-state index contributed by atoms with van der Waals surface area (Å²) in [6.07, 6.45) is 1.51. The van der Waals surface area contributed by atoms with Crippen LogP contribution >= 0.6 is 27.3 Å². The molecule has 0 aliphatic rings. The van der Waals surface area contributed by atoms with Crippen LogP contribution in [0.25, 0.3) is 0 Å². The fraction of sp³-hybridized carbons (Fsp3) is 0.200. The normalized spacial score (nSPS) is 11.5. The second-order valence-electron chi connectivity index (χ2n) is 3.60. The van der Waals surface area contributed by atoms with Gasteiger partial charge in [-0.15, -0.1) is 11.3 Å². The lowest BCUT2D eigenvalue weighted by Gasteiger charge is -2.05. The summed E-state index contributed by atoms with van der Waals surface area (Å²) in [5.74, 6) is 0.0803. The molecule has 2 aromatic heterocycles. The van der Waals surface area contributed by atoms with Gasteiger partial charge in [0.05, 0.1) is 3.79 Å². The van der Waals surface area contributed by atoms with Gasteiger partial charge in [0.1, 0.15) is 4.90 Å². The van der Waals surface area contributed by atoms with Crippen molar-refractivity contribution in [2.45, 2.75) is 18.7 Å². The van der Waals surface area contributed by atoms with Gasteiger partial charge in [-0.2, -0.15) is 0 Å². The number of anilines is 1. The monoisotopic (exact) mass is 347 g/mol. The molecule has 0 bridgehead atoms. The van der Waals surface area contributed by atoms with Gasteiger partial charge in [0.15, 0.2) is 0 Å². The van der Waals surface area contributed by atoms with E-state index in [1.54, 1.807) is 26.0 Å². The minimum Gasteiger partial charge on any atom is -0.247 e. The first-order valence-corrected chi connectivity index (χ1v) is 8.06. The highest BCUT2D eigenvalue weighted by Crippen LogP contribution is 2.30. The molecule has 0 fully saturated rings. The standard InChI is InChI=1S/C10H10BrN3O2S2/c1-6-3-4-12-10(13-6)14-18(15,16)8-5-9(11)17-7(8)2/h3-5H,1-2H3,(H,12,13,14). The third kappa shape index (κ3) is 2.88. The van der Waals surface area contributed by atoms with Crippen LogP contribution in [-0.4, -0.2) is 18.4 Å². The van der Waals surface area contributed by atoms with Gasteiger partial charge in [0.2, 0.25) is 5.95 Å². The lowest BCUT2D eigenvalue weighted by Crippen LogP contribution is -2.15. The lowest BCUT2D eigenvalue weighted by atomic mass is 10.5. The molecule has 2 rings (SSSR count). The molecule has 5 nitrogen and oxygen atoms in total. The molecule has 0 aliphatic heterocycles. The van der Waals surface area contributed by atoms with Crippen molar-refractivity contribution in [1.29, 1.82) is 0 Å². The third-order valence-corrected chi connectivity index (χ3v) is 5.29. The Kier molecular flexibility index (Phi) is 3.69. The SMILES string of the molecule is Cc1ccnc(NS(=O)(=O)c2cc(Br)sc2C)n1. The van der Waals surface area contributed by atoms with Gasteiger partial charge in [-0.1, -0.05) is 0 Å². The molecule has 2 aromatic rings. The molecule has 8 heteroatoms. The van der Waals surface area contributed by atoms with E-state index < -0.39 is 10.0 Å². The quantitative estimate of drug-likeness (QED) is 0.926. The zero-order chi connectivity index (χ0) is 13.3. The maximum atomic E-state index is 12.1. The minimum absolute atomic E-state index is 0.0803. The fourth-order valence-corrected chi connectivity index (χ4v) is 4.74. The van der Waals surface area contributed by atoms with Crippen LogP contribution in [0, 0.1) is 13.8 Å². The molecule has 0 aliphatic carbocycles. The molecule has 18 heavy (non-hydrogen) atoms. The maximum Gasteiger partial charge on any atom is 0.265 e. The van der Waals surface area contributed by atoms with Gasteiger partial charge in [-0.25, -0.2) is 23.1 Å². The molecule has 0 radical (unpaired) electrons. The van der Waals surface area contributed by atoms with E-state index in [1.807, 2.05) is 0 Å². The largest absolute Gasteiger partial charge is 0.265 e. The predicted octanol–water partition coefficient (Wildman–Crippen LogP) is 2.72. The van der Waals surface area contributed by atoms with Crippen molar-refractivity contribution >= 4 is 43.2 Å². The van der Waals surface area contributed by atoms with Gasteiger partial charge in [0.25, 0.3) is 10.0 Å². The predicted molar refractivity (Wildman–Crippen MR) is 74.3 cm³/mol. The molecule has 2 heterocycles. The Hall–Kier alpha value is -0.990. The number of hydrogen-bond donors (Lipinski definition) is 1. The first-order valence-electron chi connectivity index (χ1n) is 4.97. The zero-order valence-electron chi connectivity index (χ0n) is 9.64. The average Bonchev–Trinajstić information content (AvgIpc) is 2.58. The zero-order valence-corrected chi connectivity index (χ0v) is 12.9. The van der Waals surface area contributed by atoms with E-state index in [1.165, 1.54) is 17.5 Å². The van der Waals surface area contributed by atoms with Crippen LogP contribution in [0.3, 0.4) is 0 Å². The van der Waals surface area contributed by atoms with E-state index in [0.29, 0.717) is 10.6 Å². The highest BCUT2D eigenvalue weighted by atomic mass is 79.9. The summed E-state index contributed by atoms with van der Waals surface area (Å²) in [6.45, 7) is 3.52. The average molecular weight is 348 g/mol. The summed E-state index contributed by atoms with van der Waals surface area (Å²) < 4.78 is 27.4. The maximum absolute atomic E-state index is 12.1. The summed E-state index contributed by atoms with van der Waals surface area (Å²) in [4.78, 5) is 8.84. The molecule has 0 amide bonds. The molecule has 0 atom stereocenters. The van der Waals surface area contributed by atoms with Crippen molar-refractivity contribution in [3.05, 3.63) is 32.7 Å². The second-order valence-corrected chi connectivity index (χ2v) is 7.88. The van der Waals surface area contributed by atoms with Crippen LogP contribution < -0.4 is 4.72 Å². The topological polar surface area (TPSA) is 72.0 Å². The van der Waals surface area contributed by atoms with Gasteiger partial charge in [0, 0.05) is 16.8 Å². The van der Waals surface area contributed by atoms with E-state index in [4.69, 9.17) is 0 Å². The minimum atomic E-state index is -3.63. The van der Waals surface area contributed by atoms with Crippen molar-refractivity contribution in [3.8, 4) is 0 Å². The van der Waals surface area contributed by atoms with E-state index in [9.17, 15) is 8.42 Å².